The molecule has 5 heteroatoms. The van der Waals surface area contributed by atoms with Crippen molar-refractivity contribution in [2.75, 3.05) is 45.9 Å². The summed E-state index contributed by atoms with van der Waals surface area (Å²) >= 11 is 0. The van der Waals surface area contributed by atoms with E-state index in [1.54, 1.807) is 4.90 Å². The first kappa shape index (κ1) is 11.5. The summed E-state index contributed by atoms with van der Waals surface area (Å²) in [5.41, 5.74) is 0. The Bertz CT molecular complexity index is 264. The summed E-state index contributed by atoms with van der Waals surface area (Å²) in [4.78, 5) is 26.9. The smallest absolute Gasteiger partial charge is 0.236 e. The van der Waals surface area contributed by atoms with Gasteiger partial charge in [0.25, 0.3) is 0 Å². The number of rotatable bonds is 2. The Morgan fingerprint density at radius 1 is 1.12 bits per heavy atom. The van der Waals surface area contributed by atoms with Gasteiger partial charge in [-0.05, 0) is 0 Å². The van der Waals surface area contributed by atoms with Gasteiger partial charge < -0.3 is 9.64 Å². The number of amides is 1. The van der Waals surface area contributed by atoms with Crippen LogP contribution in [0.15, 0.2) is 0 Å². The quantitative estimate of drug-likeness (QED) is 0.637. The molecule has 0 radical (unpaired) electrons. The minimum Gasteiger partial charge on any atom is -0.379 e. The summed E-state index contributed by atoms with van der Waals surface area (Å²) < 4.78 is 5.23. The number of nitrogens with zero attached hydrogens (tertiary/aromatic N) is 2. The van der Waals surface area contributed by atoms with E-state index in [0.717, 1.165) is 13.1 Å². The van der Waals surface area contributed by atoms with E-state index in [0.29, 0.717) is 45.7 Å². The van der Waals surface area contributed by atoms with Crippen molar-refractivity contribution in [1.29, 1.82) is 0 Å². The van der Waals surface area contributed by atoms with Crippen molar-refractivity contribution in [2.45, 2.75) is 12.8 Å². The van der Waals surface area contributed by atoms with Crippen molar-refractivity contribution >= 4 is 11.7 Å². The van der Waals surface area contributed by atoms with Crippen molar-refractivity contribution in [1.82, 2.24) is 9.80 Å². The van der Waals surface area contributed by atoms with Crippen LogP contribution >= 0.6 is 0 Å². The van der Waals surface area contributed by atoms with Crippen LogP contribution in [0.25, 0.3) is 0 Å². The molecule has 5 nitrogen and oxygen atoms in total. The highest BCUT2D eigenvalue weighted by atomic mass is 16.5. The molecule has 2 rings (SSSR count). The lowest BCUT2D eigenvalue weighted by atomic mass is 10.1. The fourth-order valence-electron chi connectivity index (χ4n) is 2.06. The number of likely N-dealkylation sites (tertiary alicyclic amines) is 1. The van der Waals surface area contributed by atoms with Crippen LogP contribution in [0.3, 0.4) is 0 Å². The van der Waals surface area contributed by atoms with Gasteiger partial charge in [-0.2, -0.15) is 0 Å². The van der Waals surface area contributed by atoms with Gasteiger partial charge in [-0.3, -0.25) is 14.5 Å². The van der Waals surface area contributed by atoms with E-state index in [4.69, 9.17) is 4.74 Å². The molecule has 0 spiro atoms. The molecule has 0 aliphatic carbocycles. The van der Waals surface area contributed by atoms with E-state index in [-0.39, 0.29) is 11.7 Å². The van der Waals surface area contributed by atoms with Crippen molar-refractivity contribution in [3.05, 3.63) is 0 Å². The van der Waals surface area contributed by atoms with Crippen LogP contribution in [-0.2, 0) is 14.3 Å². The van der Waals surface area contributed by atoms with E-state index < -0.39 is 0 Å². The van der Waals surface area contributed by atoms with Crippen molar-refractivity contribution < 1.29 is 14.3 Å². The lowest BCUT2D eigenvalue weighted by Crippen LogP contribution is -2.47. The highest BCUT2D eigenvalue weighted by Gasteiger charge is 2.22. The standard InChI is InChI=1S/C11H18N2O3/c14-10-1-3-13(4-2-10)11(15)9-12-5-7-16-8-6-12/h1-9H2. The minimum absolute atomic E-state index is 0.148. The molecule has 2 fully saturated rings. The lowest BCUT2D eigenvalue weighted by molar-refractivity contribution is -0.136. The second kappa shape index (κ2) is 5.41. The number of carbonyl (C=O) groups is 2. The third-order valence-corrected chi connectivity index (χ3v) is 3.14. The maximum Gasteiger partial charge on any atom is 0.236 e. The molecule has 0 saturated carbocycles. The number of hydrogen-bond donors (Lipinski definition) is 0. The van der Waals surface area contributed by atoms with Gasteiger partial charge in [0.2, 0.25) is 5.91 Å². The molecule has 1 amide bonds. The molecule has 0 N–H and O–H groups in total. The Labute approximate surface area is 95.3 Å². The molecule has 2 saturated heterocycles. The average Bonchev–Trinajstić information content (AvgIpc) is 2.31. The summed E-state index contributed by atoms with van der Waals surface area (Å²) in [5, 5.41) is 0. The number of ether oxygens (including phenoxy) is 1. The first-order chi connectivity index (χ1) is 7.75. The van der Waals surface area contributed by atoms with Crippen LogP contribution in [0.5, 0.6) is 0 Å². The van der Waals surface area contributed by atoms with Gasteiger partial charge in [0.05, 0.1) is 19.8 Å². The fraction of sp³-hybridized carbons (Fsp3) is 0.818. The molecule has 0 atom stereocenters. The molecule has 0 aromatic rings. The zero-order valence-electron chi connectivity index (χ0n) is 9.48. The van der Waals surface area contributed by atoms with Crippen LogP contribution in [0.4, 0.5) is 0 Å². The summed E-state index contributed by atoms with van der Waals surface area (Å²) in [6, 6.07) is 0. The Kier molecular flexibility index (Phi) is 3.90. The topological polar surface area (TPSA) is 49.9 Å². The molecule has 0 unspecified atom stereocenters. The number of piperidine rings is 1. The van der Waals surface area contributed by atoms with Crippen molar-refractivity contribution in [2.24, 2.45) is 0 Å². The summed E-state index contributed by atoms with van der Waals surface area (Å²) in [6.45, 7) is 4.76. The van der Waals surface area contributed by atoms with Crippen molar-refractivity contribution in [3.63, 3.8) is 0 Å². The van der Waals surface area contributed by atoms with Crippen LogP contribution in [0.2, 0.25) is 0 Å². The zero-order valence-corrected chi connectivity index (χ0v) is 9.48. The molecule has 90 valence electrons. The predicted octanol–water partition coefficient (Wildman–Crippen LogP) is -0.490. The molecular weight excluding hydrogens is 208 g/mol. The number of hydrogen-bond acceptors (Lipinski definition) is 4. The summed E-state index contributed by atoms with van der Waals surface area (Å²) in [7, 11) is 0. The molecule has 0 aromatic heterocycles. The molecule has 16 heavy (non-hydrogen) atoms. The number of morpholine rings is 1. The van der Waals surface area contributed by atoms with Crippen molar-refractivity contribution in [3.8, 4) is 0 Å². The van der Waals surface area contributed by atoms with Gasteiger partial charge in [0.15, 0.2) is 0 Å². The fourth-order valence-corrected chi connectivity index (χ4v) is 2.06. The van der Waals surface area contributed by atoms with E-state index >= 15 is 0 Å². The maximum atomic E-state index is 11.9. The van der Waals surface area contributed by atoms with Gasteiger partial charge in [-0.15, -0.1) is 0 Å². The molecule has 2 aliphatic heterocycles. The Hall–Kier alpha value is -0.940. The summed E-state index contributed by atoms with van der Waals surface area (Å²) in [6.07, 6.45) is 1.05. The van der Waals surface area contributed by atoms with E-state index in [1.165, 1.54) is 0 Å². The van der Waals surface area contributed by atoms with Gasteiger partial charge in [-0.1, -0.05) is 0 Å². The predicted molar refractivity (Wildman–Crippen MR) is 58.1 cm³/mol. The molecule has 0 bridgehead atoms. The van der Waals surface area contributed by atoms with Crippen LogP contribution in [0, 0.1) is 0 Å². The molecule has 2 heterocycles. The number of ketones is 1. The molecule has 0 aromatic carbocycles. The van der Waals surface area contributed by atoms with Gasteiger partial charge >= 0.3 is 0 Å². The minimum atomic E-state index is 0.148. The van der Waals surface area contributed by atoms with Gasteiger partial charge in [0, 0.05) is 39.0 Å². The largest absolute Gasteiger partial charge is 0.379 e. The third-order valence-electron chi connectivity index (χ3n) is 3.14. The maximum absolute atomic E-state index is 11.9. The Balaban J connectivity index is 1.76. The first-order valence-electron chi connectivity index (χ1n) is 5.85. The Morgan fingerprint density at radius 3 is 2.38 bits per heavy atom. The second-order valence-electron chi connectivity index (χ2n) is 4.31. The Morgan fingerprint density at radius 2 is 1.75 bits per heavy atom. The lowest BCUT2D eigenvalue weighted by Gasteiger charge is -2.31. The monoisotopic (exact) mass is 226 g/mol. The van der Waals surface area contributed by atoms with E-state index in [2.05, 4.69) is 4.90 Å². The number of Topliss-reactive ketones (excluding diaryl/α,β-unsaturated/α-hetero) is 1. The van der Waals surface area contributed by atoms with E-state index in [1.807, 2.05) is 0 Å². The zero-order chi connectivity index (χ0) is 11.4. The van der Waals surface area contributed by atoms with Gasteiger partial charge in [-0.25, -0.2) is 0 Å². The molecule has 2 aliphatic rings. The average molecular weight is 226 g/mol. The highest BCUT2D eigenvalue weighted by molar-refractivity contribution is 5.84. The van der Waals surface area contributed by atoms with Gasteiger partial charge in [0.1, 0.15) is 5.78 Å². The number of carbonyl (C=O) groups excluding carboxylic acids is 2. The first-order valence-corrected chi connectivity index (χ1v) is 5.85. The third kappa shape index (κ3) is 3.02. The summed E-state index contributed by atoms with van der Waals surface area (Å²) in [5.74, 6) is 0.421. The highest BCUT2D eigenvalue weighted by Crippen LogP contribution is 2.07. The van der Waals surface area contributed by atoms with Crippen LogP contribution in [-0.4, -0.2) is 67.4 Å². The second-order valence-corrected chi connectivity index (χ2v) is 4.31. The van der Waals surface area contributed by atoms with E-state index in [9.17, 15) is 9.59 Å². The van der Waals surface area contributed by atoms with Crippen LogP contribution < -0.4 is 0 Å². The van der Waals surface area contributed by atoms with Crippen LogP contribution in [0.1, 0.15) is 12.8 Å². The molecular formula is C11H18N2O3. The SMILES string of the molecule is O=C1CCN(C(=O)CN2CCOCC2)CC1. The normalized spacial score (nSPS) is 23.5.